The highest BCUT2D eigenvalue weighted by Gasteiger charge is 2.14. The Morgan fingerprint density at radius 2 is 2.31 bits per heavy atom. The van der Waals surface area contributed by atoms with E-state index in [0.29, 0.717) is 0 Å². The summed E-state index contributed by atoms with van der Waals surface area (Å²) in [6.45, 7) is -6.43. The Balaban J connectivity index is 3.60. The number of pyridine rings is 1. The van der Waals surface area contributed by atoms with Crippen molar-refractivity contribution < 1.29 is 19.6 Å². The molecule has 0 saturated heterocycles. The topological polar surface area (TPSA) is 53.4 Å². The van der Waals surface area contributed by atoms with Crippen molar-refractivity contribution in [2.24, 2.45) is 0 Å². The van der Waals surface area contributed by atoms with E-state index in [2.05, 4.69) is 4.98 Å². The minimum atomic E-state index is -3.21. The zero-order valence-electron chi connectivity index (χ0n) is 13.5. The summed E-state index contributed by atoms with van der Waals surface area (Å²) in [6.07, 6.45) is 0. The molecule has 0 amide bonds. The first-order chi connectivity index (χ1) is 8.80. The molecule has 0 aliphatic rings. The van der Waals surface area contributed by atoms with E-state index in [1.807, 2.05) is 0 Å². The number of halogens is 1. The molecule has 0 spiro atoms. The smallest absolute Gasteiger partial charge is 0.423 e. The maximum atomic E-state index is 9.07. The minimum Gasteiger partial charge on any atom is -0.423 e. The Morgan fingerprint density at radius 3 is 2.85 bits per heavy atom. The molecule has 0 unspecified atom stereocenters. The molecular weight excluding hydrogens is 188 g/mol. The predicted molar refractivity (Wildman–Crippen MR) is 53.2 cm³/mol. The van der Waals surface area contributed by atoms with Gasteiger partial charge in [-0.05, 0) is 23.5 Å². The molecular formula is C8H11BClNO2. The van der Waals surface area contributed by atoms with Crippen LogP contribution in [0.4, 0.5) is 0 Å². The van der Waals surface area contributed by atoms with E-state index in [-0.39, 0.29) is 10.6 Å². The fourth-order valence-corrected chi connectivity index (χ4v) is 1.01. The third-order valence-electron chi connectivity index (χ3n) is 1.37. The summed E-state index contributed by atoms with van der Waals surface area (Å²) in [5.41, 5.74) is -0.918. The van der Waals surface area contributed by atoms with Crippen molar-refractivity contribution in [1.82, 2.24) is 4.98 Å². The van der Waals surface area contributed by atoms with E-state index < -0.39 is 32.4 Å². The van der Waals surface area contributed by atoms with Gasteiger partial charge in [-0.25, -0.2) is 4.98 Å². The maximum Gasteiger partial charge on any atom is 0.488 e. The molecule has 0 aliphatic carbocycles. The van der Waals surface area contributed by atoms with Gasteiger partial charge >= 0.3 is 7.12 Å². The summed E-state index contributed by atoms with van der Waals surface area (Å²) in [6, 6.07) is 1.87. The second-order valence-electron chi connectivity index (χ2n) is 2.36. The predicted octanol–water partition coefficient (Wildman–Crippen LogP) is 0.538. The van der Waals surface area contributed by atoms with Crippen molar-refractivity contribution in [3.8, 4) is 0 Å². The van der Waals surface area contributed by atoms with Crippen molar-refractivity contribution in [3.05, 3.63) is 23.0 Å². The first kappa shape index (κ1) is 4.30. The van der Waals surface area contributed by atoms with Gasteiger partial charge in [-0.3, -0.25) is 0 Å². The van der Waals surface area contributed by atoms with Gasteiger partial charge in [0.25, 0.3) is 0 Å². The maximum absolute atomic E-state index is 9.07. The zero-order valence-corrected chi connectivity index (χ0v) is 7.21. The van der Waals surface area contributed by atoms with Crippen molar-refractivity contribution in [3.63, 3.8) is 0 Å². The van der Waals surface area contributed by atoms with E-state index in [1.54, 1.807) is 0 Å². The van der Waals surface area contributed by atoms with Crippen LogP contribution in [0.15, 0.2) is 12.1 Å². The van der Waals surface area contributed by atoms with Gasteiger partial charge in [0.15, 0.2) is 0 Å². The average Bonchev–Trinajstić information content (AvgIpc) is 2.23. The summed E-state index contributed by atoms with van der Waals surface area (Å²) in [5, 5.41) is 17.8. The van der Waals surface area contributed by atoms with Crippen LogP contribution in [0.5, 0.6) is 0 Å². The van der Waals surface area contributed by atoms with Gasteiger partial charge in [-0.1, -0.05) is 25.3 Å². The molecule has 0 bridgehead atoms. The highest BCUT2D eigenvalue weighted by molar-refractivity contribution is 6.58. The third-order valence-corrected chi connectivity index (χ3v) is 1.56. The van der Waals surface area contributed by atoms with Gasteiger partial charge in [-0.15, -0.1) is 0 Å². The molecule has 2 N–H and O–H groups in total. The molecule has 0 aliphatic heterocycles. The molecule has 0 aromatic carbocycles. The number of nitrogens with zero attached hydrogens (tertiary/aromatic N) is 1. The molecule has 0 radical (unpaired) electrons. The molecule has 1 heterocycles. The Kier molecular flexibility index (Phi) is 1.35. The van der Waals surface area contributed by atoms with E-state index in [9.17, 15) is 0 Å². The summed E-state index contributed by atoms with van der Waals surface area (Å²) < 4.78 is 51.7. The van der Waals surface area contributed by atoms with Crippen LogP contribution < -0.4 is 5.46 Å². The standard InChI is InChI=1S/C8H11BClNO2/c1-5(2)7-3-6(9(12)13)4-8(10)11-7/h3-5,12-13H,1-2H3/i1D3,2D3,5D. The number of aromatic nitrogens is 1. The van der Waals surface area contributed by atoms with Crippen LogP contribution in [0.25, 0.3) is 0 Å². The monoisotopic (exact) mass is 206 g/mol. The Labute approximate surface area is 92.4 Å². The van der Waals surface area contributed by atoms with Crippen LogP contribution >= 0.6 is 11.6 Å². The number of hydrogen-bond acceptors (Lipinski definition) is 3. The Morgan fingerprint density at radius 1 is 1.62 bits per heavy atom. The average molecular weight is 206 g/mol. The van der Waals surface area contributed by atoms with E-state index in [0.717, 1.165) is 12.1 Å². The molecule has 5 heteroatoms. The van der Waals surface area contributed by atoms with Crippen molar-refractivity contribution in [2.45, 2.75) is 19.6 Å². The lowest BCUT2D eigenvalue weighted by atomic mass is 9.80. The lowest BCUT2D eigenvalue weighted by Gasteiger charge is -2.07. The van der Waals surface area contributed by atoms with Gasteiger partial charge in [0.05, 0.1) is 0 Å². The summed E-state index contributed by atoms with van der Waals surface area (Å²) >= 11 is 5.62. The van der Waals surface area contributed by atoms with Gasteiger partial charge in [-0.2, -0.15) is 0 Å². The van der Waals surface area contributed by atoms with Crippen LogP contribution in [0.1, 0.15) is 34.9 Å². The van der Waals surface area contributed by atoms with E-state index >= 15 is 0 Å². The minimum absolute atomic E-state index is 0.245. The first-order valence-corrected chi connectivity index (χ1v) is 3.72. The Hall–Kier alpha value is -0.575. The van der Waals surface area contributed by atoms with Crippen LogP contribution in [-0.4, -0.2) is 22.2 Å². The number of rotatable bonds is 2. The molecule has 1 aromatic heterocycles. The molecule has 13 heavy (non-hydrogen) atoms. The number of hydrogen-bond donors (Lipinski definition) is 2. The highest BCUT2D eigenvalue weighted by Crippen LogP contribution is 2.12. The molecule has 3 nitrogen and oxygen atoms in total. The summed E-state index contributed by atoms with van der Waals surface area (Å²) in [7, 11) is -1.99. The highest BCUT2D eigenvalue weighted by atomic mass is 35.5. The van der Waals surface area contributed by atoms with Crippen molar-refractivity contribution >= 4 is 24.2 Å². The van der Waals surface area contributed by atoms with Crippen LogP contribution in [0.2, 0.25) is 5.15 Å². The van der Waals surface area contributed by atoms with Crippen LogP contribution in [0, 0.1) is 0 Å². The Bertz CT molecular complexity index is 491. The van der Waals surface area contributed by atoms with Crippen LogP contribution in [0.3, 0.4) is 0 Å². The first-order valence-electron chi connectivity index (χ1n) is 6.85. The second kappa shape index (κ2) is 4.09. The second-order valence-corrected chi connectivity index (χ2v) is 2.74. The fourth-order valence-electron chi connectivity index (χ4n) is 0.794. The molecule has 70 valence electrons. The van der Waals surface area contributed by atoms with Gasteiger partial charge in [0.1, 0.15) is 5.15 Å². The van der Waals surface area contributed by atoms with Crippen molar-refractivity contribution in [1.29, 1.82) is 0 Å². The van der Waals surface area contributed by atoms with Gasteiger partial charge < -0.3 is 10.0 Å². The molecule has 1 aromatic rings. The van der Waals surface area contributed by atoms with E-state index in [1.165, 1.54) is 0 Å². The fraction of sp³-hybridized carbons (Fsp3) is 0.375. The SMILES string of the molecule is [2H]C([2H])([2H])C([2H])(c1cc(B(O)O)cc(Cl)n1)C([2H])([2H])[2H]. The summed E-state index contributed by atoms with van der Waals surface area (Å²) in [4.78, 5) is 3.56. The van der Waals surface area contributed by atoms with E-state index in [4.69, 9.17) is 31.2 Å². The van der Waals surface area contributed by atoms with Gasteiger partial charge in [0.2, 0.25) is 0 Å². The lowest BCUT2D eigenvalue weighted by Crippen LogP contribution is -2.30. The van der Waals surface area contributed by atoms with Gasteiger partial charge in [0, 0.05) is 15.3 Å². The van der Waals surface area contributed by atoms with Crippen LogP contribution in [-0.2, 0) is 0 Å². The normalized spacial score (nSPS) is 21.3. The third kappa shape index (κ3) is 2.69. The zero-order chi connectivity index (χ0) is 15.9. The molecule has 0 fully saturated rings. The lowest BCUT2D eigenvalue weighted by molar-refractivity contribution is 0.425. The molecule has 0 atom stereocenters. The quantitative estimate of drug-likeness (QED) is 0.549. The summed E-state index contributed by atoms with van der Waals surface area (Å²) in [5.74, 6) is -3.03. The van der Waals surface area contributed by atoms with Crippen molar-refractivity contribution in [2.75, 3.05) is 0 Å². The largest absolute Gasteiger partial charge is 0.488 e. The molecule has 1 rings (SSSR count). The molecule has 0 saturated carbocycles.